The highest BCUT2D eigenvalue weighted by molar-refractivity contribution is 7.89. The van der Waals surface area contributed by atoms with Crippen LogP contribution >= 0.6 is 0 Å². The summed E-state index contributed by atoms with van der Waals surface area (Å²) >= 11 is 0. The third-order valence-corrected chi connectivity index (χ3v) is 21.3. The molecular formula is C65H69F2N13O8S. The number of amides is 4. The Morgan fingerprint density at radius 1 is 0.921 bits per heavy atom. The van der Waals surface area contributed by atoms with Gasteiger partial charge in [0.05, 0.1) is 26.9 Å². The van der Waals surface area contributed by atoms with Gasteiger partial charge in [0.15, 0.2) is 11.6 Å². The number of likely N-dealkylation sites (tertiary alicyclic amines) is 1. The highest BCUT2D eigenvalue weighted by atomic mass is 32.2. The molecule has 0 spiro atoms. The number of sulfonamides is 1. The van der Waals surface area contributed by atoms with Crippen LogP contribution in [-0.2, 0) is 33.1 Å². The molecule has 7 saturated heterocycles. The largest absolute Gasteiger partial charge is 0.508 e. The summed E-state index contributed by atoms with van der Waals surface area (Å²) in [6, 6.07) is 18.4. The molecule has 4 N–H and O–H groups in total. The van der Waals surface area contributed by atoms with Crippen LogP contribution in [0.5, 0.6) is 11.8 Å². The third-order valence-electron chi connectivity index (χ3n) is 19.4. The van der Waals surface area contributed by atoms with Crippen molar-refractivity contribution in [3.8, 4) is 35.4 Å². The number of rotatable bonds is 14. The fourth-order valence-corrected chi connectivity index (χ4v) is 16.4. The molecule has 3 aromatic heterocycles. The third kappa shape index (κ3) is 11.0. The molecule has 0 aliphatic carbocycles. The number of nitrogens with one attached hydrogen (secondary N) is 3. The molecule has 7 aromatic rings. The summed E-state index contributed by atoms with van der Waals surface area (Å²) < 4.78 is 76.0. The van der Waals surface area contributed by atoms with Crippen molar-refractivity contribution in [3.05, 3.63) is 113 Å². The number of piperazine rings is 1. The second-order valence-electron chi connectivity index (χ2n) is 25.1. The van der Waals surface area contributed by atoms with E-state index < -0.39 is 39.3 Å². The first-order chi connectivity index (χ1) is 43.0. The number of terminal acetylenes is 1. The summed E-state index contributed by atoms with van der Waals surface area (Å²) in [6.07, 6.45) is 13.7. The average molecular weight is 1230 g/mol. The summed E-state index contributed by atoms with van der Waals surface area (Å²) in [5, 5.41) is 26.3. The smallest absolute Gasteiger partial charge is 0.407 e. The number of hydrogen-bond donors (Lipinski definition) is 4. The number of halogens is 2. The van der Waals surface area contributed by atoms with Crippen LogP contribution in [0.1, 0.15) is 86.8 Å². The van der Waals surface area contributed by atoms with Crippen LogP contribution < -0.4 is 30.5 Å². The molecule has 7 aliphatic heterocycles. The van der Waals surface area contributed by atoms with E-state index in [9.17, 15) is 27.9 Å². The van der Waals surface area contributed by atoms with Crippen molar-refractivity contribution in [1.82, 2.24) is 54.8 Å². The highest BCUT2D eigenvalue weighted by Crippen LogP contribution is 2.46. The Labute approximate surface area is 513 Å². The summed E-state index contributed by atoms with van der Waals surface area (Å²) in [5.74, 6) is 1.84. The normalized spacial score (nSPS) is 23.2. The van der Waals surface area contributed by atoms with Crippen molar-refractivity contribution < 1.29 is 46.2 Å². The lowest BCUT2D eigenvalue weighted by Gasteiger charge is -2.35. The average Bonchev–Trinajstić information content (AvgIpc) is 1.36. The van der Waals surface area contributed by atoms with Crippen LogP contribution in [0, 0.1) is 24.0 Å². The minimum Gasteiger partial charge on any atom is -0.508 e. The predicted octanol–water partition coefficient (Wildman–Crippen LogP) is 7.58. The summed E-state index contributed by atoms with van der Waals surface area (Å²) in [5.41, 5.74) is 3.45. The Kier molecular flexibility index (Phi) is 15.2. The Bertz CT molecular complexity index is 4170. The molecule has 0 saturated carbocycles. The Hall–Kier alpha value is -8.34. The van der Waals surface area contributed by atoms with Crippen LogP contribution in [0.2, 0.25) is 0 Å². The molecule has 14 rings (SSSR count). The Balaban J connectivity index is 0.575. The zero-order chi connectivity index (χ0) is 61.5. The van der Waals surface area contributed by atoms with E-state index in [-0.39, 0.29) is 114 Å². The second kappa shape index (κ2) is 23.2. The lowest BCUT2D eigenvalue weighted by molar-refractivity contribution is -0.120. The molecule has 7 aliphatic rings. The Morgan fingerprint density at radius 2 is 1.70 bits per heavy atom. The number of phenolic OH excluding ortho intramolecular Hbond substituents is 1. The predicted molar refractivity (Wildman–Crippen MR) is 330 cm³/mol. The molecule has 4 unspecified atom stereocenters. The number of carbonyl (C=O) groups excluding carboxylic acids is 3. The molecule has 7 fully saturated rings. The van der Waals surface area contributed by atoms with Crippen molar-refractivity contribution in [2.24, 2.45) is 7.05 Å². The number of hydrogen-bond acceptors (Lipinski definition) is 16. The molecule has 21 nitrogen and oxygen atoms in total. The fourth-order valence-electron chi connectivity index (χ4n) is 14.9. The van der Waals surface area contributed by atoms with Gasteiger partial charge in [0.1, 0.15) is 41.8 Å². The molecule has 10 heterocycles. The Morgan fingerprint density at radius 3 is 2.45 bits per heavy atom. The van der Waals surface area contributed by atoms with Gasteiger partial charge in [-0.2, -0.15) is 19.4 Å². The van der Waals surface area contributed by atoms with E-state index >= 15 is 8.78 Å². The maximum Gasteiger partial charge on any atom is 0.407 e. The molecule has 0 radical (unpaired) electrons. The molecule has 4 aromatic carbocycles. The van der Waals surface area contributed by atoms with Crippen molar-refractivity contribution in [2.75, 3.05) is 75.4 Å². The van der Waals surface area contributed by atoms with E-state index in [0.717, 1.165) is 60.8 Å². The number of alkyl carbamates (subject to hydrolysis) is 1. The van der Waals surface area contributed by atoms with Crippen molar-refractivity contribution >= 4 is 72.3 Å². The zero-order valence-electron chi connectivity index (χ0n) is 49.4. The lowest BCUT2D eigenvalue weighted by Crippen LogP contribution is -2.51. The van der Waals surface area contributed by atoms with Gasteiger partial charge in [0.2, 0.25) is 15.9 Å². The monoisotopic (exact) mass is 1230 g/mol. The molecular weight excluding hydrogens is 1160 g/mol. The first-order valence-electron chi connectivity index (χ1n) is 30.7. The number of imide groups is 1. The summed E-state index contributed by atoms with van der Waals surface area (Å²) in [7, 11) is -1.92. The number of carbonyl (C=O) groups is 3. The number of benzene rings is 4. The highest BCUT2D eigenvalue weighted by Gasteiger charge is 2.52. The lowest BCUT2D eigenvalue weighted by atomic mass is 9.89. The van der Waals surface area contributed by atoms with Crippen LogP contribution in [0.25, 0.3) is 43.8 Å². The molecule has 2 bridgehead atoms. The van der Waals surface area contributed by atoms with Gasteiger partial charge in [-0.05, 0) is 136 Å². The van der Waals surface area contributed by atoms with Crippen molar-refractivity contribution in [3.63, 3.8) is 0 Å². The number of fused-ring (bicyclic) bond motifs is 6. The maximum atomic E-state index is 17.3. The number of aromatic nitrogens is 5. The van der Waals surface area contributed by atoms with E-state index in [4.69, 9.17) is 25.9 Å². The van der Waals surface area contributed by atoms with Gasteiger partial charge in [-0.15, -0.1) is 6.42 Å². The SMILES string of the molecule is C#Cc1c(F)ccc2cc(O)cc(-c3ncc4c(N5CC6CCC(C5)N6)nc(OCC56CCC(COC(=O)NC7CCN(S(=O)(=O)c8ccc(CN9CCC(c%10ccc%11c(N%12CCC(=O)NC%12=O)nn(C)c%11c%10)CC9)cc8)CC7)N5CC(=C)C6)nc4c3F)c12. The van der Waals surface area contributed by atoms with Gasteiger partial charge >= 0.3 is 18.1 Å². The number of phenols is 1. The molecule has 4 amide bonds. The standard InChI is InChI=1S/C65H69F2N13O8S/c1-4-49-53(66)14-8-42-27-47(81)29-51(56(42)49)58-57(67)59-52(31-68-58)60(77-34-44-9-10-45(35-77)69-44)73-62(72-59)88-37-65-21-15-46(80(65)32-38(2)30-65)36-87-64(84)70-43-18-24-78(25-19-43)89(85,86)48-11-5-39(6-12-48)33-76-22-16-40(17-23-76)41-7-13-50-54(28-41)75(3)74-61(50)79-26-20-55(82)71-63(79)83/h1,5-8,11-14,27-29,31,40,43-46,69,81H,2,9-10,15-26,30,32-37H2,3H3,(H,70,84)(H,71,82,83). The quantitative estimate of drug-likeness (QED) is 0.0607. The minimum absolute atomic E-state index is 0.0314. The van der Waals surface area contributed by atoms with Gasteiger partial charge in [0, 0.05) is 106 Å². The second-order valence-corrected chi connectivity index (χ2v) is 27.0. The van der Waals surface area contributed by atoms with Gasteiger partial charge in [-0.3, -0.25) is 34.5 Å². The van der Waals surface area contributed by atoms with Crippen LogP contribution in [0.3, 0.4) is 0 Å². The number of aromatic hydroxyl groups is 1. The zero-order valence-corrected chi connectivity index (χ0v) is 50.2. The number of piperidine rings is 2. The van der Waals surface area contributed by atoms with Crippen LogP contribution in [0.4, 0.5) is 30.0 Å². The van der Waals surface area contributed by atoms with Crippen LogP contribution in [0.15, 0.2) is 90.0 Å². The number of aryl methyl sites for hydroxylation is 1. The minimum atomic E-state index is -3.78. The number of pyridine rings is 1. The van der Waals surface area contributed by atoms with E-state index in [1.54, 1.807) is 16.8 Å². The number of urea groups is 1. The summed E-state index contributed by atoms with van der Waals surface area (Å²) in [4.78, 5) is 60.5. The first kappa shape index (κ1) is 58.3. The topological polar surface area (TPSA) is 233 Å². The van der Waals surface area contributed by atoms with E-state index in [2.05, 4.69) is 65.4 Å². The van der Waals surface area contributed by atoms with E-state index in [1.807, 2.05) is 25.2 Å². The van der Waals surface area contributed by atoms with Gasteiger partial charge < -0.3 is 30.1 Å². The van der Waals surface area contributed by atoms with Crippen LogP contribution in [-0.4, -0.2) is 166 Å². The van der Waals surface area contributed by atoms with E-state index in [1.165, 1.54) is 45.2 Å². The number of ether oxygens (including phenoxy) is 2. The van der Waals surface area contributed by atoms with Gasteiger partial charge in [-0.1, -0.05) is 42.3 Å². The van der Waals surface area contributed by atoms with Gasteiger partial charge in [0.25, 0.3) is 0 Å². The molecule has 4 atom stereocenters. The number of anilines is 2. The van der Waals surface area contributed by atoms with E-state index in [0.29, 0.717) is 86.6 Å². The first-order valence-corrected chi connectivity index (χ1v) is 32.1. The fraction of sp³-hybridized carbons (Fsp3) is 0.431. The van der Waals surface area contributed by atoms with Gasteiger partial charge in [-0.25, -0.2) is 26.8 Å². The van der Waals surface area contributed by atoms with Crippen molar-refractivity contribution in [2.45, 2.75) is 111 Å². The molecule has 462 valence electrons. The van der Waals surface area contributed by atoms with Crippen molar-refractivity contribution in [1.29, 1.82) is 0 Å². The maximum absolute atomic E-state index is 17.3. The number of nitrogens with zero attached hydrogens (tertiary/aromatic N) is 10. The molecule has 89 heavy (non-hydrogen) atoms. The molecule has 24 heteroatoms. The summed E-state index contributed by atoms with van der Waals surface area (Å²) in [6.45, 7) is 9.65.